The highest BCUT2D eigenvalue weighted by molar-refractivity contribution is 5.93. The van der Waals surface area contributed by atoms with E-state index in [-0.39, 0.29) is 11.0 Å². The van der Waals surface area contributed by atoms with Gasteiger partial charge >= 0.3 is 5.97 Å². The second kappa shape index (κ2) is 5.48. The average Bonchev–Trinajstić information content (AvgIpc) is 2.55. The van der Waals surface area contributed by atoms with E-state index in [9.17, 15) is 14.7 Å². The van der Waals surface area contributed by atoms with E-state index in [1.54, 1.807) is 18.2 Å². The van der Waals surface area contributed by atoms with E-state index in [0.29, 0.717) is 17.4 Å². The molecule has 0 bridgehead atoms. The van der Waals surface area contributed by atoms with Crippen molar-refractivity contribution in [2.24, 2.45) is 0 Å². The molecule has 0 fully saturated rings. The van der Waals surface area contributed by atoms with Gasteiger partial charge in [-0.3, -0.25) is 4.79 Å². The number of aromatic carboxylic acids is 1. The topological polar surface area (TPSA) is 59.3 Å². The van der Waals surface area contributed by atoms with Crippen LogP contribution in [0.25, 0.3) is 22.2 Å². The third kappa shape index (κ3) is 2.29. The van der Waals surface area contributed by atoms with Crippen LogP contribution in [0.4, 0.5) is 0 Å². The first kappa shape index (κ1) is 14.1. The molecule has 0 radical (unpaired) electrons. The lowest BCUT2D eigenvalue weighted by Gasteiger charge is -2.15. The number of carboxylic acid groups (broad SMARTS) is 1. The van der Waals surface area contributed by atoms with Gasteiger partial charge in [0.15, 0.2) is 5.43 Å². The Kier molecular flexibility index (Phi) is 3.51. The van der Waals surface area contributed by atoms with Gasteiger partial charge in [0.05, 0.1) is 16.8 Å². The van der Waals surface area contributed by atoms with Crippen molar-refractivity contribution >= 4 is 16.9 Å². The molecular formula is C18H15NO3. The van der Waals surface area contributed by atoms with Gasteiger partial charge in [-0.05, 0) is 30.7 Å². The Morgan fingerprint density at radius 3 is 2.45 bits per heavy atom. The third-order valence-electron chi connectivity index (χ3n) is 3.75. The number of fused-ring (bicyclic) bond motifs is 1. The molecule has 0 spiro atoms. The molecule has 1 heterocycles. The molecule has 1 aromatic heterocycles. The van der Waals surface area contributed by atoms with Crippen molar-refractivity contribution in [3.63, 3.8) is 0 Å². The van der Waals surface area contributed by atoms with Gasteiger partial charge < -0.3 is 9.67 Å². The predicted molar refractivity (Wildman–Crippen MR) is 86.3 cm³/mol. The van der Waals surface area contributed by atoms with Crippen LogP contribution in [0, 0.1) is 0 Å². The molecule has 0 aliphatic rings. The lowest BCUT2D eigenvalue weighted by molar-refractivity contribution is 0.0697. The minimum atomic E-state index is -0.998. The number of benzene rings is 2. The van der Waals surface area contributed by atoms with E-state index in [1.165, 1.54) is 6.07 Å². The maximum atomic E-state index is 12.4. The predicted octanol–water partition coefficient (Wildman–Crippen LogP) is 3.39. The average molecular weight is 293 g/mol. The number of pyridine rings is 1. The molecule has 110 valence electrons. The van der Waals surface area contributed by atoms with E-state index >= 15 is 0 Å². The summed E-state index contributed by atoms with van der Waals surface area (Å²) < 4.78 is 1.97. The molecule has 3 aromatic rings. The molecule has 0 atom stereocenters. The van der Waals surface area contributed by atoms with Crippen LogP contribution in [0.1, 0.15) is 17.3 Å². The lowest BCUT2D eigenvalue weighted by atomic mass is 10.1. The molecule has 0 saturated carbocycles. The Balaban J connectivity index is 2.40. The quantitative estimate of drug-likeness (QED) is 0.805. The SMILES string of the molecule is CCn1c(-c2ccccc2)cc(=O)c2ccc(C(=O)O)cc21. The van der Waals surface area contributed by atoms with Crippen LogP contribution in [0.2, 0.25) is 0 Å². The summed E-state index contributed by atoms with van der Waals surface area (Å²) in [5.74, 6) is -0.998. The number of aryl methyl sites for hydroxylation is 1. The summed E-state index contributed by atoms with van der Waals surface area (Å²) >= 11 is 0. The summed E-state index contributed by atoms with van der Waals surface area (Å²) in [7, 11) is 0. The highest BCUT2D eigenvalue weighted by Gasteiger charge is 2.12. The van der Waals surface area contributed by atoms with Gasteiger partial charge in [0.25, 0.3) is 0 Å². The number of nitrogens with zero attached hydrogens (tertiary/aromatic N) is 1. The number of aromatic nitrogens is 1. The Morgan fingerprint density at radius 2 is 1.82 bits per heavy atom. The highest BCUT2D eigenvalue weighted by atomic mass is 16.4. The van der Waals surface area contributed by atoms with E-state index < -0.39 is 5.97 Å². The summed E-state index contributed by atoms with van der Waals surface area (Å²) in [5.41, 5.74) is 2.45. The smallest absolute Gasteiger partial charge is 0.335 e. The summed E-state index contributed by atoms with van der Waals surface area (Å²) in [6.45, 7) is 2.62. The molecule has 0 saturated heterocycles. The van der Waals surface area contributed by atoms with Crippen molar-refractivity contribution in [2.75, 3.05) is 0 Å². The normalized spacial score (nSPS) is 10.8. The number of carboxylic acids is 1. The zero-order chi connectivity index (χ0) is 15.7. The summed E-state index contributed by atoms with van der Waals surface area (Å²) in [6.07, 6.45) is 0. The van der Waals surface area contributed by atoms with Crippen LogP contribution in [0.3, 0.4) is 0 Å². The minimum Gasteiger partial charge on any atom is -0.478 e. The Hall–Kier alpha value is -2.88. The second-order valence-electron chi connectivity index (χ2n) is 5.04. The minimum absolute atomic E-state index is 0.101. The first-order valence-corrected chi connectivity index (χ1v) is 7.08. The van der Waals surface area contributed by atoms with Crippen molar-refractivity contribution in [3.8, 4) is 11.3 Å². The van der Waals surface area contributed by atoms with Gasteiger partial charge in [0, 0.05) is 18.0 Å². The van der Waals surface area contributed by atoms with Crippen LogP contribution in [0.5, 0.6) is 0 Å². The van der Waals surface area contributed by atoms with E-state index in [4.69, 9.17) is 0 Å². The second-order valence-corrected chi connectivity index (χ2v) is 5.04. The summed E-state index contributed by atoms with van der Waals surface area (Å²) in [6, 6.07) is 15.9. The Labute approximate surface area is 127 Å². The largest absolute Gasteiger partial charge is 0.478 e. The molecule has 3 rings (SSSR count). The summed E-state index contributed by atoms with van der Waals surface area (Å²) in [5, 5.41) is 9.71. The van der Waals surface area contributed by atoms with E-state index in [0.717, 1.165) is 11.3 Å². The van der Waals surface area contributed by atoms with Crippen molar-refractivity contribution in [1.82, 2.24) is 4.57 Å². The van der Waals surface area contributed by atoms with Crippen LogP contribution < -0.4 is 5.43 Å². The fraction of sp³-hybridized carbons (Fsp3) is 0.111. The van der Waals surface area contributed by atoms with E-state index in [2.05, 4.69) is 0 Å². The van der Waals surface area contributed by atoms with Gasteiger partial charge in [-0.25, -0.2) is 4.79 Å². The molecule has 22 heavy (non-hydrogen) atoms. The molecule has 1 N–H and O–H groups in total. The van der Waals surface area contributed by atoms with Crippen molar-refractivity contribution in [3.05, 3.63) is 70.4 Å². The molecule has 0 amide bonds. The van der Waals surface area contributed by atoms with E-state index in [1.807, 2.05) is 41.8 Å². The Bertz CT molecular complexity index is 911. The molecular weight excluding hydrogens is 278 g/mol. The first-order chi connectivity index (χ1) is 10.6. The fourth-order valence-electron chi connectivity index (χ4n) is 2.69. The van der Waals surface area contributed by atoms with Gasteiger partial charge in [-0.1, -0.05) is 30.3 Å². The fourth-order valence-corrected chi connectivity index (χ4v) is 2.69. The number of carbonyl (C=O) groups is 1. The van der Waals surface area contributed by atoms with Crippen LogP contribution in [0.15, 0.2) is 59.4 Å². The number of hydrogen-bond acceptors (Lipinski definition) is 2. The first-order valence-electron chi connectivity index (χ1n) is 7.08. The Morgan fingerprint density at radius 1 is 1.09 bits per heavy atom. The lowest BCUT2D eigenvalue weighted by Crippen LogP contribution is -2.12. The maximum absolute atomic E-state index is 12.4. The zero-order valence-electron chi connectivity index (χ0n) is 12.1. The zero-order valence-corrected chi connectivity index (χ0v) is 12.1. The number of rotatable bonds is 3. The van der Waals surface area contributed by atoms with Crippen LogP contribution in [-0.4, -0.2) is 15.6 Å². The summed E-state index contributed by atoms with van der Waals surface area (Å²) in [4.78, 5) is 23.6. The third-order valence-corrected chi connectivity index (χ3v) is 3.75. The molecule has 0 unspecified atom stereocenters. The molecule has 4 nitrogen and oxygen atoms in total. The maximum Gasteiger partial charge on any atom is 0.335 e. The van der Waals surface area contributed by atoms with Crippen molar-refractivity contribution in [2.45, 2.75) is 13.5 Å². The number of hydrogen-bond donors (Lipinski definition) is 1. The molecule has 2 aromatic carbocycles. The molecule has 0 aliphatic carbocycles. The van der Waals surface area contributed by atoms with Gasteiger partial charge in [0.1, 0.15) is 0 Å². The van der Waals surface area contributed by atoms with Crippen molar-refractivity contribution in [1.29, 1.82) is 0 Å². The molecule has 0 aliphatic heterocycles. The van der Waals surface area contributed by atoms with Gasteiger partial charge in [-0.15, -0.1) is 0 Å². The monoisotopic (exact) mass is 293 g/mol. The molecule has 4 heteroatoms. The highest BCUT2D eigenvalue weighted by Crippen LogP contribution is 2.23. The van der Waals surface area contributed by atoms with Gasteiger partial charge in [0.2, 0.25) is 0 Å². The standard InChI is InChI=1S/C18H15NO3/c1-2-19-15(12-6-4-3-5-7-12)11-17(20)14-9-8-13(18(21)22)10-16(14)19/h3-11H,2H2,1H3,(H,21,22). The van der Waals surface area contributed by atoms with Crippen LogP contribution in [-0.2, 0) is 6.54 Å². The van der Waals surface area contributed by atoms with Gasteiger partial charge in [-0.2, -0.15) is 0 Å². The van der Waals surface area contributed by atoms with Crippen LogP contribution >= 0.6 is 0 Å². The van der Waals surface area contributed by atoms with Crippen molar-refractivity contribution < 1.29 is 9.90 Å².